The molecule has 0 saturated carbocycles. The zero-order valence-corrected chi connectivity index (χ0v) is 16.0. The second-order valence-electron chi connectivity index (χ2n) is 6.45. The third-order valence-corrected chi connectivity index (χ3v) is 4.14. The van der Waals surface area contributed by atoms with Crippen molar-refractivity contribution in [3.8, 4) is 11.1 Å². The van der Waals surface area contributed by atoms with Crippen LogP contribution in [0.25, 0.3) is 11.1 Å². The number of halogens is 2. The number of anilines is 1. The summed E-state index contributed by atoms with van der Waals surface area (Å²) in [6.07, 6.45) is 2.66. The van der Waals surface area contributed by atoms with Crippen molar-refractivity contribution in [3.05, 3.63) is 42.0 Å². The van der Waals surface area contributed by atoms with E-state index in [1.54, 1.807) is 12.1 Å². The number of nitrogens with one attached hydrogen (secondary N) is 1. The molecule has 1 aromatic carbocycles. The molecule has 0 atom stereocenters. The molecule has 1 fully saturated rings. The van der Waals surface area contributed by atoms with Crippen molar-refractivity contribution in [1.29, 1.82) is 5.41 Å². The van der Waals surface area contributed by atoms with E-state index in [2.05, 4.69) is 15.1 Å². The number of esters is 1. The second-order valence-corrected chi connectivity index (χ2v) is 6.45. The number of nitrogens with zero attached hydrogens (tertiary/aromatic N) is 4. The molecule has 9 nitrogen and oxygen atoms in total. The Kier molecular flexibility index (Phi) is 6.83. The first kappa shape index (κ1) is 21.1. The molecule has 1 saturated heterocycles. The lowest BCUT2D eigenvalue weighted by molar-refractivity contribution is -0.143. The number of hydrogen-bond donors (Lipinski definition) is 2. The molecule has 30 heavy (non-hydrogen) atoms. The van der Waals surface area contributed by atoms with Crippen LogP contribution in [0.5, 0.6) is 0 Å². The van der Waals surface area contributed by atoms with Gasteiger partial charge in [-0.05, 0) is 0 Å². The van der Waals surface area contributed by atoms with Crippen LogP contribution in [0.3, 0.4) is 0 Å². The lowest BCUT2D eigenvalue weighted by atomic mass is 10.1. The van der Waals surface area contributed by atoms with Gasteiger partial charge in [0.25, 0.3) is 0 Å². The Morgan fingerprint density at radius 3 is 2.70 bits per heavy atom. The minimum atomic E-state index is -0.701. The van der Waals surface area contributed by atoms with Crippen LogP contribution in [0, 0.1) is 11.2 Å². The van der Waals surface area contributed by atoms with Crippen LogP contribution in [0.4, 0.5) is 14.7 Å². The summed E-state index contributed by atoms with van der Waals surface area (Å²) in [5.41, 5.74) is 6.82. The first-order chi connectivity index (χ1) is 14.5. The molecule has 0 amide bonds. The van der Waals surface area contributed by atoms with Crippen molar-refractivity contribution in [3.63, 3.8) is 0 Å². The minimum Gasteiger partial charge on any atom is -0.460 e. The Hall–Kier alpha value is -3.63. The van der Waals surface area contributed by atoms with Crippen LogP contribution in [0.15, 0.2) is 35.7 Å². The van der Waals surface area contributed by atoms with Gasteiger partial charge in [0.05, 0.1) is 18.8 Å². The number of rotatable bonds is 9. The second kappa shape index (κ2) is 9.72. The number of carbonyl (C=O) groups excluding carboxylic acids is 1. The van der Waals surface area contributed by atoms with Crippen molar-refractivity contribution in [2.75, 3.05) is 31.3 Å². The third-order valence-electron chi connectivity index (χ3n) is 4.14. The van der Waals surface area contributed by atoms with Gasteiger partial charge in [-0.15, -0.1) is 0 Å². The molecule has 0 bridgehead atoms. The van der Waals surface area contributed by atoms with E-state index >= 15 is 0 Å². The Balaban J connectivity index is 1.63. The smallest absolute Gasteiger partial charge is 0.313 e. The zero-order chi connectivity index (χ0) is 21.5. The maximum atomic E-state index is 14.8. The van der Waals surface area contributed by atoms with Gasteiger partial charge in [-0.2, -0.15) is 0 Å². The lowest BCUT2D eigenvalue weighted by Gasteiger charge is -2.31. The van der Waals surface area contributed by atoms with Crippen molar-refractivity contribution >= 4 is 23.5 Å². The predicted octanol–water partition coefficient (Wildman–Crippen LogP) is 1.81. The molecular weight excluding hydrogens is 398 g/mol. The van der Waals surface area contributed by atoms with Gasteiger partial charge in [-0.3, -0.25) is 10.2 Å². The van der Waals surface area contributed by atoms with E-state index < -0.39 is 18.5 Å². The maximum absolute atomic E-state index is 14.8. The standard InChI is InChI=1S/C19H20F2N6O3/c20-4-5-30-26-14-9-27(10-14)19-24-7-13(8-25-19)15-3-1-2-12(18(15)21)11-29-17(28)6-16(22)23/h1-3,7-8H,4-6,9-11H2,(H3,22,23). The highest BCUT2D eigenvalue weighted by molar-refractivity contribution is 5.98. The van der Waals surface area contributed by atoms with Crippen LogP contribution in [0.2, 0.25) is 0 Å². The van der Waals surface area contributed by atoms with Crippen molar-refractivity contribution in [1.82, 2.24) is 9.97 Å². The van der Waals surface area contributed by atoms with Gasteiger partial charge in [-0.1, -0.05) is 23.4 Å². The van der Waals surface area contributed by atoms with Gasteiger partial charge >= 0.3 is 5.97 Å². The van der Waals surface area contributed by atoms with Crippen LogP contribution >= 0.6 is 0 Å². The summed E-state index contributed by atoms with van der Waals surface area (Å²) < 4.78 is 31.8. The average molecular weight is 418 g/mol. The zero-order valence-electron chi connectivity index (χ0n) is 16.0. The normalized spacial score (nSPS) is 12.9. The molecule has 1 aromatic heterocycles. The first-order valence-electron chi connectivity index (χ1n) is 9.05. The molecule has 11 heteroatoms. The molecule has 0 radical (unpaired) electrons. The number of benzene rings is 1. The number of aromatic nitrogens is 2. The van der Waals surface area contributed by atoms with E-state index in [0.29, 0.717) is 24.6 Å². The van der Waals surface area contributed by atoms with Gasteiger partial charge in [0.1, 0.15) is 38.0 Å². The molecule has 0 unspecified atom stereocenters. The SMILES string of the molecule is N=C(N)CC(=O)OCc1cccc(-c2cnc(N3CC(=NOCCF)C3)nc2)c1F. The summed E-state index contributed by atoms with van der Waals surface area (Å²) in [4.78, 5) is 26.6. The van der Waals surface area contributed by atoms with Crippen molar-refractivity contribution in [2.24, 2.45) is 10.9 Å². The van der Waals surface area contributed by atoms with E-state index in [4.69, 9.17) is 20.7 Å². The quantitative estimate of drug-likeness (QED) is 0.209. The highest BCUT2D eigenvalue weighted by Gasteiger charge is 2.25. The summed E-state index contributed by atoms with van der Waals surface area (Å²) in [5, 5.41) is 10.9. The number of nitrogens with two attached hydrogens (primary N) is 1. The van der Waals surface area contributed by atoms with Crippen LogP contribution in [-0.4, -0.2) is 53.9 Å². The van der Waals surface area contributed by atoms with Gasteiger partial charge in [0.2, 0.25) is 5.95 Å². The van der Waals surface area contributed by atoms with E-state index in [9.17, 15) is 13.6 Å². The molecule has 0 aliphatic carbocycles. The monoisotopic (exact) mass is 418 g/mol. The van der Waals surface area contributed by atoms with E-state index in [1.807, 2.05) is 4.90 Å². The van der Waals surface area contributed by atoms with Gasteiger partial charge in [-0.25, -0.2) is 18.7 Å². The van der Waals surface area contributed by atoms with Gasteiger partial charge in [0.15, 0.2) is 0 Å². The van der Waals surface area contributed by atoms with Gasteiger partial charge in [0, 0.05) is 29.1 Å². The first-order valence-corrected chi connectivity index (χ1v) is 9.05. The summed E-state index contributed by atoms with van der Waals surface area (Å²) in [7, 11) is 0. The van der Waals surface area contributed by atoms with Gasteiger partial charge < -0.3 is 20.2 Å². The molecule has 3 N–H and O–H groups in total. The fourth-order valence-electron chi connectivity index (χ4n) is 2.67. The molecule has 0 spiro atoms. The molecule has 1 aliphatic rings. The third kappa shape index (κ3) is 5.25. The summed E-state index contributed by atoms with van der Waals surface area (Å²) in [6, 6.07) is 4.71. The summed E-state index contributed by atoms with van der Waals surface area (Å²) in [5.74, 6) is -1.11. The number of amidine groups is 1. The Bertz CT molecular complexity index is 944. The average Bonchev–Trinajstić information content (AvgIpc) is 2.69. The summed E-state index contributed by atoms with van der Waals surface area (Å²) >= 11 is 0. The number of oxime groups is 1. The van der Waals surface area contributed by atoms with E-state index in [1.165, 1.54) is 18.5 Å². The molecule has 1 aliphatic heterocycles. The molecule has 158 valence electrons. The van der Waals surface area contributed by atoms with E-state index in [0.717, 1.165) is 5.71 Å². The fourth-order valence-corrected chi connectivity index (χ4v) is 2.67. The van der Waals surface area contributed by atoms with Crippen molar-refractivity contribution < 1.29 is 23.1 Å². The van der Waals surface area contributed by atoms with Crippen LogP contribution in [0.1, 0.15) is 12.0 Å². The highest BCUT2D eigenvalue weighted by atomic mass is 19.1. The predicted molar refractivity (Wildman–Crippen MR) is 105 cm³/mol. The molecule has 2 heterocycles. The Labute approximate surface area is 171 Å². The number of alkyl halides is 1. The molecule has 3 rings (SSSR count). The molecule has 2 aromatic rings. The number of carbonyl (C=O) groups is 1. The topological polar surface area (TPSA) is 127 Å². The Morgan fingerprint density at radius 1 is 1.30 bits per heavy atom. The fraction of sp³-hybridized carbons (Fsp3) is 0.316. The summed E-state index contributed by atoms with van der Waals surface area (Å²) in [6.45, 7) is 0.00619. The van der Waals surface area contributed by atoms with E-state index in [-0.39, 0.29) is 36.6 Å². The van der Waals surface area contributed by atoms with Crippen molar-refractivity contribution in [2.45, 2.75) is 13.0 Å². The number of hydrogen-bond acceptors (Lipinski definition) is 8. The largest absolute Gasteiger partial charge is 0.460 e. The van der Waals surface area contributed by atoms with Crippen LogP contribution < -0.4 is 10.6 Å². The highest BCUT2D eigenvalue weighted by Crippen LogP contribution is 2.26. The number of ether oxygens (including phenoxy) is 1. The lowest BCUT2D eigenvalue weighted by Crippen LogP contribution is -2.48. The molecular formula is C19H20F2N6O3. The minimum absolute atomic E-state index is 0.0742. The Morgan fingerprint density at radius 2 is 2.03 bits per heavy atom. The maximum Gasteiger partial charge on any atom is 0.313 e. The van der Waals surface area contributed by atoms with Crippen LogP contribution in [-0.2, 0) is 21.0 Å².